The number of aryl methyl sites for hydroxylation is 1. The third kappa shape index (κ3) is 4.33. The van der Waals surface area contributed by atoms with Crippen LogP contribution in [-0.4, -0.2) is 16.0 Å². The first-order chi connectivity index (χ1) is 9.13. The van der Waals surface area contributed by atoms with Crippen LogP contribution in [0.25, 0.3) is 0 Å². The van der Waals surface area contributed by atoms with E-state index in [0.717, 1.165) is 10.0 Å². The Balaban J connectivity index is 1.84. The number of carbonyl (C=O) groups excluding carboxylic acids is 1. The molecule has 0 fully saturated rings. The van der Waals surface area contributed by atoms with E-state index in [4.69, 9.17) is 0 Å². The second-order valence-electron chi connectivity index (χ2n) is 4.02. The van der Waals surface area contributed by atoms with Crippen LogP contribution in [0.4, 0.5) is 10.7 Å². The number of urea groups is 1. The average molecular weight is 321 g/mol. The van der Waals surface area contributed by atoms with Gasteiger partial charge < -0.3 is 5.32 Å². The van der Waals surface area contributed by atoms with Gasteiger partial charge in [-0.05, 0) is 28.4 Å². The van der Waals surface area contributed by atoms with Crippen LogP contribution in [0.1, 0.15) is 11.1 Å². The molecule has 1 aromatic heterocycles. The zero-order valence-corrected chi connectivity index (χ0v) is 11.9. The predicted octanol–water partition coefficient (Wildman–Crippen LogP) is 2.87. The summed E-state index contributed by atoms with van der Waals surface area (Å²) in [5.41, 5.74) is 2.23. The summed E-state index contributed by atoms with van der Waals surface area (Å²) in [6.45, 7) is 2.48. The van der Waals surface area contributed by atoms with E-state index in [-0.39, 0.29) is 12.0 Å². The number of hydrogen-bond donors (Lipinski definition) is 2. The van der Waals surface area contributed by atoms with Crippen LogP contribution in [0.5, 0.6) is 0 Å². The van der Waals surface area contributed by atoms with E-state index in [0.29, 0.717) is 6.54 Å². The van der Waals surface area contributed by atoms with Gasteiger partial charge in [0.1, 0.15) is 0 Å². The predicted molar refractivity (Wildman–Crippen MR) is 76.8 cm³/mol. The molecule has 0 spiro atoms. The quantitative estimate of drug-likeness (QED) is 0.913. The topological polar surface area (TPSA) is 66.9 Å². The summed E-state index contributed by atoms with van der Waals surface area (Å²) in [5, 5.41) is 5.30. The van der Waals surface area contributed by atoms with Crippen molar-refractivity contribution in [3.63, 3.8) is 0 Å². The standard InChI is InChI=1S/C13H13BrN4O/c1-9-2-4-10(5-3-9)6-17-13(19)18-12-15-7-11(14)8-16-12/h2-5,7-8H,6H2,1H3,(H2,15,16,17,18,19). The molecule has 2 N–H and O–H groups in total. The van der Waals surface area contributed by atoms with E-state index in [1.807, 2.05) is 31.2 Å². The molecular formula is C13H13BrN4O. The minimum Gasteiger partial charge on any atom is -0.334 e. The average Bonchev–Trinajstić information content (AvgIpc) is 2.41. The van der Waals surface area contributed by atoms with Gasteiger partial charge in [-0.3, -0.25) is 5.32 Å². The molecule has 1 aromatic carbocycles. The summed E-state index contributed by atoms with van der Waals surface area (Å²) < 4.78 is 0.762. The van der Waals surface area contributed by atoms with E-state index in [9.17, 15) is 4.79 Å². The normalized spacial score (nSPS) is 10.0. The zero-order valence-electron chi connectivity index (χ0n) is 10.4. The number of benzene rings is 1. The highest BCUT2D eigenvalue weighted by atomic mass is 79.9. The van der Waals surface area contributed by atoms with Crippen LogP contribution in [0.15, 0.2) is 41.1 Å². The largest absolute Gasteiger partial charge is 0.334 e. The summed E-state index contributed by atoms with van der Waals surface area (Å²) in [6.07, 6.45) is 3.14. The number of anilines is 1. The summed E-state index contributed by atoms with van der Waals surface area (Å²) in [6, 6.07) is 7.64. The third-order valence-corrected chi connectivity index (χ3v) is 2.83. The van der Waals surface area contributed by atoms with Gasteiger partial charge in [0.15, 0.2) is 0 Å². The van der Waals surface area contributed by atoms with Gasteiger partial charge in [0, 0.05) is 18.9 Å². The molecule has 0 saturated heterocycles. The summed E-state index contributed by atoms with van der Waals surface area (Å²) in [4.78, 5) is 19.5. The van der Waals surface area contributed by atoms with Gasteiger partial charge in [0.25, 0.3) is 0 Å². The maximum atomic E-state index is 11.6. The molecule has 0 bridgehead atoms. The number of nitrogens with one attached hydrogen (secondary N) is 2. The Bertz CT molecular complexity index is 554. The second kappa shape index (κ2) is 6.29. The van der Waals surface area contributed by atoms with Crippen molar-refractivity contribution in [2.75, 3.05) is 5.32 Å². The Hall–Kier alpha value is -1.95. The van der Waals surface area contributed by atoms with Crippen molar-refractivity contribution in [2.24, 2.45) is 0 Å². The highest BCUT2D eigenvalue weighted by molar-refractivity contribution is 9.10. The highest BCUT2D eigenvalue weighted by Crippen LogP contribution is 2.06. The Morgan fingerprint density at radius 3 is 2.47 bits per heavy atom. The fourth-order valence-corrected chi connectivity index (χ4v) is 1.62. The van der Waals surface area contributed by atoms with E-state index in [2.05, 4.69) is 36.5 Å². The monoisotopic (exact) mass is 320 g/mol. The van der Waals surface area contributed by atoms with Crippen LogP contribution in [0.3, 0.4) is 0 Å². The molecule has 0 aliphatic rings. The Morgan fingerprint density at radius 1 is 1.21 bits per heavy atom. The Morgan fingerprint density at radius 2 is 1.84 bits per heavy atom. The lowest BCUT2D eigenvalue weighted by Crippen LogP contribution is -2.28. The minimum absolute atomic E-state index is 0.268. The Labute approximate surface area is 119 Å². The smallest absolute Gasteiger partial charge is 0.321 e. The maximum absolute atomic E-state index is 11.6. The van der Waals surface area contributed by atoms with Crippen LogP contribution in [0, 0.1) is 6.92 Å². The van der Waals surface area contributed by atoms with Gasteiger partial charge in [-0.25, -0.2) is 14.8 Å². The van der Waals surface area contributed by atoms with Gasteiger partial charge in [-0.15, -0.1) is 0 Å². The minimum atomic E-state index is -0.331. The number of aromatic nitrogens is 2. The highest BCUT2D eigenvalue weighted by Gasteiger charge is 2.03. The lowest BCUT2D eigenvalue weighted by molar-refractivity contribution is 0.251. The lowest BCUT2D eigenvalue weighted by atomic mass is 10.1. The number of nitrogens with zero attached hydrogens (tertiary/aromatic N) is 2. The van der Waals surface area contributed by atoms with Gasteiger partial charge in [0.2, 0.25) is 5.95 Å². The summed E-state index contributed by atoms with van der Waals surface area (Å²) in [7, 11) is 0. The first-order valence-corrected chi connectivity index (χ1v) is 6.51. The van der Waals surface area contributed by atoms with Crippen molar-refractivity contribution in [2.45, 2.75) is 13.5 Å². The molecular weight excluding hydrogens is 308 g/mol. The summed E-state index contributed by atoms with van der Waals surface area (Å²) in [5.74, 6) is 0.268. The molecule has 2 aromatic rings. The molecule has 0 unspecified atom stereocenters. The number of carbonyl (C=O) groups is 1. The second-order valence-corrected chi connectivity index (χ2v) is 4.93. The van der Waals surface area contributed by atoms with E-state index >= 15 is 0 Å². The molecule has 2 amide bonds. The van der Waals surface area contributed by atoms with Gasteiger partial charge >= 0.3 is 6.03 Å². The van der Waals surface area contributed by atoms with Crippen molar-refractivity contribution in [3.05, 3.63) is 52.3 Å². The molecule has 1 heterocycles. The van der Waals surface area contributed by atoms with Crippen LogP contribution >= 0.6 is 15.9 Å². The fraction of sp³-hybridized carbons (Fsp3) is 0.154. The number of hydrogen-bond acceptors (Lipinski definition) is 3. The first kappa shape index (κ1) is 13.5. The molecule has 0 atom stereocenters. The lowest BCUT2D eigenvalue weighted by Gasteiger charge is -2.06. The maximum Gasteiger partial charge on any atom is 0.321 e. The summed E-state index contributed by atoms with van der Waals surface area (Å²) >= 11 is 3.23. The van der Waals surface area contributed by atoms with Crippen molar-refractivity contribution in [3.8, 4) is 0 Å². The number of amides is 2. The molecule has 5 nitrogen and oxygen atoms in total. The van der Waals surface area contributed by atoms with Gasteiger partial charge in [-0.2, -0.15) is 0 Å². The molecule has 0 radical (unpaired) electrons. The van der Waals surface area contributed by atoms with Gasteiger partial charge in [-0.1, -0.05) is 29.8 Å². The zero-order chi connectivity index (χ0) is 13.7. The van der Waals surface area contributed by atoms with E-state index < -0.39 is 0 Å². The van der Waals surface area contributed by atoms with Crippen molar-refractivity contribution in [1.29, 1.82) is 0 Å². The molecule has 0 saturated carbocycles. The fourth-order valence-electron chi connectivity index (χ4n) is 1.41. The van der Waals surface area contributed by atoms with Crippen molar-refractivity contribution < 1.29 is 4.79 Å². The molecule has 0 aliphatic carbocycles. The number of halogens is 1. The van der Waals surface area contributed by atoms with Crippen molar-refractivity contribution in [1.82, 2.24) is 15.3 Å². The molecule has 0 aliphatic heterocycles. The van der Waals surface area contributed by atoms with Crippen LogP contribution in [0.2, 0.25) is 0 Å². The number of rotatable bonds is 3. The molecule has 19 heavy (non-hydrogen) atoms. The van der Waals surface area contributed by atoms with Crippen LogP contribution < -0.4 is 10.6 Å². The first-order valence-electron chi connectivity index (χ1n) is 5.71. The van der Waals surface area contributed by atoms with Crippen LogP contribution in [-0.2, 0) is 6.54 Å². The molecule has 2 rings (SSSR count). The molecule has 98 valence electrons. The van der Waals surface area contributed by atoms with Gasteiger partial charge in [0.05, 0.1) is 4.47 Å². The van der Waals surface area contributed by atoms with E-state index in [1.54, 1.807) is 12.4 Å². The Kier molecular flexibility index (Phi) is 4.46. The van der Waals surface area contributed by atoms with E-state index in [1.165, 1.54) is 5.56 Å². The third-order valence-electron chi connectivity index (χ3n) is 2.42. The van der Waals surface area contributed by atoms with Crippen molar-refractivity contribution >= 4 is 27.9 Å². The SMILES string of the molecule is Cc1ccc(CNC(=O)Nc2ncc(Br)cn2)cc1. The molecule has 6 heteroatoms.